The van der Waals surface area contributed by atoms with Gasteiger partial charge in [-0.3, -0.25) is 0 Å². The van der Waals surface area contributed by atoms with Gasteiger partial charge in [0.15, 0.2) is 15.5 Å². The van der Waals surface area contributed by atoms with Crippen molar-refractivity contribution in [3.05, 3.63) is 24.0 Å². The molecule has 1 atom stereocenters. The number of nitrogens with zero attached hydrogens (tertiary/aromatic N) is 1. The van der Waals surface area contributed by atoms with Crippen LogP contribution in [-0.4, -0.2) is 42.0 Å². The zero-order valence-corrected chi connectivity index (χ0v) is 10.5. The van der Waals surface area contributed by atoms with E-state index < -0.39 is 21.1 Å². The van der Waals surface area contributed by atoms with Crippen LogP contribution in [0.25, 0.3) is 0 Å². The van der Waals surface area contributed by atoms with E-state index in [1.807, 2.05) is 0 Å². The predicted octanol–water partition coefficient (Wildman–Crippen LogP) is 0.769. The first-order valence-electron chi connectivity index (χ1n) is 5.64. The number of hydrogen-bond donors (Lipinski definition) is 2. The third-order valence-corrected chi connectivity index (χ3v) is 5.27. The molecular weight excluding hydrogens is 256 g/mol. The highest BCUT2D eigenvalue weighted by molar-refractivity contribution is 7.92. The molecule has 2 rings (SSSR count). The Bertz CT molecular complexity index is 556. The Hall–Kier alpha value is -1.63. The van der Waals surface area contributed by atoms with Crippen LogP contribution in [-0.2, 0) is 9.84 Å². The molecule has 1 aliphatic rings. The molecule has 1 aromatic heterocycles. The van der Waals surface area contributed by atoms with E-state index in [4.69, 9.17) is 5.11 Å². The van der Waals surface area contributed by atoms with Crippen molar-refractivity contribution in [2.75, 3.05) is 17.6 Å². The Labute approximate surface area is 105 Å². The average molecular weight is 270 g/mol. The molecule has 7 heteroatoms. The zero-order chi connectivity index (χ0) is 13.2. The quantitative estimate of drug-likeness (QED) is 0.838. The van der Waals surface area contributed by atoms with Crippen molar-refractivity contribution in [2.24, 2.45) is 0 Å². The third-order valence-electron chi connectivity index (χ3n) is 2.99. The molecule has 0 amide bonds. The molecular formula is C11H14N2O4S. The molecule has 0 aliphatic carbocycles. The number of carboxylic acids is 1. The Morgan fingerprint density at radius 2 is 2.33 bits per heavy atom. The van der Waals surface area contributed by atoms with E-state index in [0.29, 0.717) is 18.5 Å². The van der Waals surface area contributed by atoms with E-state index in [0.717, 1.165) is 0 Å². The number of sulfone groups is 1. The minimum Gasteiger partial charge on any atom is -0.476 e. The lowest BCUT2D eigenvalue weighted by Gasteiger charge is -2.12. The molecule has 2 N–H and O–H groups in total. The Morgan fingerprint density at radius 3 is 2.94 bits per heavy atom. The minimum atomic E-state index is -3.02. The highest BCUT2D eigenvalue weighted by Gasteiger charge is 2.31. The summed E-state index contributed by atoms with van der Waals surface area (Å²) in [7, 11) is -3.02. The van der Waals surface area contributed by atoms with Gasteiger partial charge in [0.2, 0.25) is 0 Å². The number of aromatic nitrogens is 1. The van der Waals surface area contributed by atoms with Crippen molar-refractivity contribution in [3.63, 3.8) is 0 Å². The van der Waals surface area contributed by atoms with Crippen molar-refractivity contribution in [1.29, 1.82) is 0 Å². The topological polar surface area (TPSA) is 96.4 Å². The fourth-order valence-electron chi connectivity index (χ4n) is 2.03. The first kappa shape index (κ1) is 12.8. The maximum absolute atomic E-state index is 11.6. The van der Waals surface area contributed by atoms with Gasteiger partial charge in [-0.15, -0.1) is 0 Å². The number of carboxylic acid groups (broad SMARTS) is 1. The van der Waals surface area contributed by atoms with Gasteiger partial charge in [-0.1, -0.05) is 0 Å². The second-order valence-electron chi connectivity index (χ2n) is 4.22. The van der Waals surface area contributed by atoms with Gasteiger partial charge in [0.25, 0.3) is 0 Å². The Morgan fingerprint density at radius 1 is 1.56 bits per heavy atom. The monoisotopic (exact) mass is 270 g/mol. The van der Waals surface area contributed by atoms with Gasteiger partial charge in [0, 0.05) is 12.7 Å². The Kier molecular flexibility index (Phi) is 3.51. The molecule has 6 nitrogen and oxygen atoms in total. The summed E-state index contributed by atoms with van der Waals surface area (Å²) >= 11 is 0. The van der Waals surface area contributed by atoms with Crippen LogP contribution in [0.3, 0.4) is 0 Å². The van der Waals surface area contributed by atoms with Crippen LogP contribution < -0.4 is 5.32 Å². The standard InChI is InChI=1S/C11H14N2O4S/c14-11(15)10-9(4-1-5-12-10)13-7-8-3-2-6-18(8,16)17/h1,4-5,8,13H,2-3,6-7H2,(H,14,15). The normalized spacial score (nSPS) is 21.7. The summed E-state index contributed by atoms with van der Waals surface area (Å²) in [5.41, 5.74) is 0.264. The van der Waals surface area contributed by atoms with Gasteiger partial charge in [-0.25, -0.2) is 18.2 Å². The molecule has 0 bridgehead atoms. The van der Waals surface area contributed by atoms with Gasteiger partial charge < -0.3 is 10.4 Å². The van der Waals surface area contributed by atoms with Gasteiger partial charge in [-0.05, 0) is 25.0 Å². The lowest BCUT2D eigenvalue weighted by Crippen LogP contribution is -2.25. The number of pyridine rings is 1. The van der Waals surface area contributed by atoms with Crippen LogP contribution in [0.15, 0.2) is 18.3 Å². The second-order valence-corrected chi connectivity index (χ2v) is 6.62. The molecule has 1 aromatic rings. The van der Waals surface area contributed by atoms with Crippen LogP contribution in [0.2, 0.25) is 0 Å². The van der Waals surface area contributed by atoms with E-state index >= 15 is 0 Å². The molecule has 1 fully saturated rings. The van der Waals surface area contributed by atoms with Crippen molar-refractivity contribution >= 4 is 21.5 Å². The minimum absolute atomic E-state index is 0.0899. The van der Waals surface area contributed by atoms with E-state index in [9.17, 15) is 13.2 Å². The Balaban J connectivity index is 2.09. The van der Waals surface area contributed by atoms with Crippen molar-refractivity contribution in [3.8, 4) is 0 Å². The summed E-state index contributed by atoms with van der Waals surface area (Å²) in [4.78, 5) is 14.7. The SMILES string of the molecule is O=C(O)c1ncccc1NCC1CCCS1(=O)=O. The van der Waals surface area contributed by atoms with Gasteiger partial charge in [-0.2, -0.15) is 0 Å². The summed E-state index contributed by atoms with van der Waals surface area (Å²) in [6.07, 6.45) is 2.69. The fourth-order valence-corrected chi connectivity index (χ4v) is 3.80. The van der Waals surface area contributed by atoms with Gasteiger partial charge >= 0.3 is 5.97 Å². The molecule has 1 unspecified atom stereocenters. The van der Waals surface area contributed by atoms with Crippen molar-refractivity contribution in [1.82, 2.24) is 4.98 Å². The van der Waals surface area contributed by atoms with Crippen molar-refractivity contribution in [2.45, 2.75) is 18.1 Å². The van der Waals surface area contributed by atoms with Crippen LogP contribution in [0, 0.1) is 0 Å². The predicted molar refractivity (Wildman–Crippen MR) is 66.5 cm³/mol. The van der Waals surface area contributed by atoms with Gasteiger partial charge in [0.05, 0.1) is 16.7 Å². The van der Waals surface area contributed by atoms with Crippen LogP contribution in [0.4, 0.5) is 5.69 Å². The lowest BCUT2D eigenvalue weighted by atomic mass is 10.2. The first-order valence-corrected chi connectivity index (χ1v) is 7.36. The second kappa shape index (κ2) is 4.93. The number of rotatable bonds is 4. The number of aromatic carboxylic acids is 1. The summed E-state index contributed by atoms with van der Waals surface area (Å²) in [5.74, 6) is -0.912. The van der Waals surface area contributed by atoms with Crippen molar-refractivity contribution < 1.29 is 18.3 Å². The highest BCUT2D eigenvalue weighted by atomic mass is 32.2. The van der Waals surface area contributed by atoms with Crippen LogP contribution >= 0.6 is 0 Å². The van der Waals surface area contributed by atoms with E-state index in [-0.39, 0.29) is 18.0 Å². The molecule has 2 heterocycles. The maximum Gasteiger partial charge on any atom is 0.356 e. The van der Waals surface area contributed by atoms with E-state index in [1.54, 1.807) is 12.1 Å². The molecule has 0 radical (unpaired) electrons. The number of anilines is 1. The molecule has 0 spiro atoms. The smallest absolute Gasteiger partial charge is 0.356 e. The zero-order valence-electron chi connectivity index (χ0n) is 9.67. The first-order chi connectivity index (χ1) is 8.50. The van der Waals surface area contributed by atoms with Gasteiger partial charge in [0.1, 0.15) is 0 Å². The molecule has 98 valence electrons. The van der Waals surface area contributed by atoms with Crippen LogP contribution in [0.5, 0.6) is 0 Å². The molecule has 18 heavy (non-hydrogen) atoms. The largest absolute Gasteiger partial charge is 0.476 e. The summed E-state index contributed by atoms with van der Waals surface area (Å²) < 4.78 is 23.3. The molecule has 1 saturated heterocycles. The summed E-state index contributed by atoms with van der Waals surface area (Å²) in [6.45, 7) is 0.230. The molecule has 0 saturated carbocycles. The summed E-state index contributed by atoms with van der Waals surface area (Å²) in [6, 6.07) is 3.19. The fraction of sp³-hybridized carbons (Fsp3) is 0.455. The van der Waals surface area contributed by atoms with E-state index in [2.05, 4.69) is 10.3 Å². The van der Waals surface area contributed by atoms with E-state index in [1.165, 1.54) is 6.20 Å². The maximum atomic E-state index is 11.6. The molecule has 1 aliphatic heterocycles. The highest BCUT2D eigenvalue weighted by Crippen LogP contribution is 2.21. The number of hydrogen-bond acceptors (Lipinski definition) is 5. The number of carbonyl (C=O) groups is 1. The molecule has 0 aromatic carbocycles. The summed E-state index contributed by atoms with van der Waals surface area (Å²) in [5, 5.41) is 11.4. The number of nitrogens with one attached hydrogen (secondary N) is 1. The lowest BCUT2D eigenvalue weighted by molar-refractivity contribution is 0.0691. The average Bonchev–Trinajstić information content (AvgIpc) is 2.66. The van der Waals surface area contributed by atoms with Crippen LogP contribution in [0.1, 0.15) is 23.3 Å². The third kappa shape index (κ3) is 2.61.